The molecule has 206 valence electrons. The van der Waals surface area contributed by atoms with E-state index in [1.54, 1.807) is 18.2 Å². The van der Waals surface area contributed by atoms with Gasteiger partial charge in [0.25, 0.3) is 0 Å². The summed E-state index contributed by atoms with van der Waals surface area (Å²) in [6.45, 7) is 0. The van der Waals surface area contributed by atoms with E-state index in [1.165, 1.54) is 0 Å². The SMILES string of the molecule is [2H]c1c([2H])c([2H])c2c(Cc3c4c([2H])c([2H])c([2H])c([2H])c4c(-c4cccc5oc6ccc(-c7ccccc7)cc6c45)c4c([2H])c([2H])c([2H])c([2H])c34)c([2H])c([2H])c([2H])c2c1[2H]. The van der Waals surface area contributed by atoms with Gasteiger partial charge in [0.1, 0.15) is 11.2 Å². The van der Waals surface area contributed by atoms with Crippen molar-refractivity contribution in [2.24, 2.45) is 0 Å². The highest BCUT2D eigenvalue weighted by atomic mass is 16.3. The fraction of sp³-hybridized carbons (Fsp3) is 0.0233. The minimum absolute atomic E-state index is 0.0762. The van der Waals surface area contributed by atoms with Crippen LogP contribution in [0.3, 0.4) is 0 Å². The zero-order valence-electron chi connectivity index (χ0n) is 38.0. The van der Waals surface area contributed by atoms with Gasteiger partial charge in [-0.05, 0) is 90.3 Å². The summed E-state index contributed by atoms with van der Waals surface area (Å²) in [5.74, 6) is 0. The van der Waals surface area contributed by atoms with Crippen LogP contribution in [0.4, 0.5) is 0 Å². The maximum atomic E-state index is 9.42. The van der Waals surface area contributed by atoms with E-state index in [1.807, 2.05) is 48.5 Å². The first-order valence-corrected chi connectivity index (χ1v) is 14.0. The molecule has 0 saturated heterocycles. The van der Waals surface area contributed by atoms with Crippen LogP contribution in [-0.4, -0.2) is 0 Å². The lowest BCUT2D eigenvalue weighted by atomic mass is 9.84. The molecule has 9 aromatic rings. The Morgan fingerprint density at radius 1 is 0.500 bits per heavy atom. The largest absolute Gasteiger partial charge is 0.456 e. The summed E-state index contributed by atoms with van der Waals surface area (Å²) in [5, 5.41) is 0.113. The molecule has 0 aliphatic heterocycles. The summed E-state index contributed by atoms with van der Waals surface area (Å²) in [6.07, 6.45) is -0.569. The molecule has 0 aliphatic carbocycles. The summed E-state index contributed by atoms with van der Waals surface area (Å²) in [5.41, 5.74) is 2.87. The third-order valence-electron chi connectivity index (χ3n) is 8.09. The Labute approximate surface area is 276 Å². The molecule has 1 nitrogen and oxygen atoms in total. The summed E-state index contributed by atoms with van der Waals surface area (Å²) in [6, 6.07) is 11.4. The number of hydrogen-bond donors (Lipinski definition) is 0. The van der Waals surface area contributed by atoms with Crippen LogP contribution in [0.1, 0.15) is 31.7 Å². The highest BCUT2D eigenvalue weighted by Crippen LogP contribution is 2.45. The second-order valence-corrected chi connectivity index (χ2v) is 10.5. The van der Waals surface area contributed by atoms with Crippen LogP contribution < -0.4 is 0 Å². The van der Waals surface area contributed by atoms with Crippen molar-refractivity contribution in [3.63, 3.8) is 0 Å². The third-order valence-corrected chi connectivity index (χ3v) is 8.09. The van der Waals surface area contributed by atoms with E-state index in [0.717, 1.165) is 11.1 Å². The van der Waals surface area contributed by atoms with Crippen LogP contribution >= 0.6 is 0 Å². The van der Waals surface area contributed by atoms with Crippen molar-refractivity contribution in [1.82, 2.24) is 0 Å². The van der Waals surface area contributed by atoms with Crippen LogP contribution in [0.5, 0.6) is 0 Å². The molecule has 0 aliphatic rings. The van der Waals surface area contributed by atoms with E-state index in [9.17, 15) is 5.48 Å². The summed E-state index contributed by atoms with van der Waals surface area (Å²) in [7, 11) is 0. The zero-order valence-corrected chi connectivity index (χ0v) is 23.0. The first-order chi connectivity index (χ1) is 28.1. The highest BCUT2D eigenvalue weighted by molar-refractivity contribution is 6.22. The third kappa shape index (κ3) is 3.87. The molecule has 8 aromatic carbocycles. The Balaban J connectivity index is 1.52. The minimum atomic E-state index is -0.662. The fourth-order valence-corrected chi connectivity index (χ4v) is 6.17. The average Bonchev–Trinajstić information content (AvgIpc) is 3.62. The van der Waals surface area contributed by atoms with Crippen molar-refractivity contribution < 1.29 is 25.0 Å². The van der Waals surface area contributed by atoms with E-state index in [0.29, 0.717) is 27.5 Å². The van der Waals surface area contributed by atoms with Gasteiger partial charge in [-0.15, -0.1) is 0 Å². The molecular formula is C43H28O. The topological polar surface area (TPSA) is 13.1 Å². The molecule has 0 N–H and O–H groups in total. The molecule has 0 fully saturated rings. The number of hydrogen-bond acceptors (Lipinski definition) is 1. The molecule has 0 spiro atoms. The molecule has 1 heteroatoms. The van der Waals surface area contributed by atoms with Crippen LogP contribution in [0.25, 0.3) is 76.5 Å². The van der Waals surface area contributed by atoms with Crippen molar-refractivity contribution in [2.45, 2.75) is 6.42 Å². The molecular weight excluding hydrogens is 532 g/mol. The summed E-state index contributed by atoms with van der Waals surface area (Å²) < 4.78 is 140. The monoisotopic (exact) mass is 575 g/mol. The van der Waals surface area contributed by atoms with Gasteiger partial charge in [-0.1, -0.05) is 139 Å². The predicted octanol–water partition coefficient (Wildman–Crippen LogP) is 12.0. The maximum Gasteiger partial charge on any atom is 0.136 e. The lowest BCUT2D eigenvalue weighted by Gasteiger charge is -2.18. The first-order valence-electron chi connectivity index (χ1n) is 21.5. The smallest absolute Gasteiger partial charge is 0.136 e. The van der Waals surface area contributed by atoms with E-state index in [2.05, 4.69) is 0 Å². The van der Waals surface area contributed by atoms with Crippen LogP contribution in [-0.2, 0) is 6.42 Å². The molecule has 0 unspecified atom stereocenters. The molecule has 0 bridgehead atoms. The molecule has 0 atom stereocenters. The number of furan rings is 1. The lowest BCUT2D eigenvalue weighted by Crippen LogP contribution is -1.96. The van der Waals surface area contributed by atoms with Gasteiger partial charge < -0.3 is 4.42 Å². The standard InChI is InChI=1S/C43H28O/c1-2-12-28(13-3-1)30-24-25-40-39(26-30)43-37(22-11-23-41(43)44-40)42-35-20-8-6-18-33(35)38(34-19-7-9-21-36(34)42)27-31-16-10-15-29-14-4-5-17-32(29)31/h1-26H,27H2/i4D,5D,6D,7D,8D,9D,10D,14D,15D,16D,17D,18D,19D,20D,21D. The Morgan fingerprint density at radius 2 is 1.18 bits per heavy atom. The summed E-state index contributed by atoms with van der Waals surface area (Å²) in [4.78, 5) is 0. The van der Waals surface area contributed by atoms with Gasteiger partial charge in [0.05, 0.1) is 20.6 Å². The van der Waals surface area contributed by atoms with E-state index in [-0.39, 0.29) is 49.0 Å². The van der Waals surface area contributed by atoms with Crippen molar-refractivity contribution in [2.75, 3.05) is 0 Å². The van der Waals surface area contributed by atoms with Crippen molar-refractivity contribution >= 4 is 54.3 Å². The first kappa shape index (κ1) is 14.2. The predicted molar refractivity (Wildman–Crippen MR) is 186 cm³/mol. The van der Waals surface area contributed by atoms with Crippen LogP contribution in [0, 0.1) is 0 Å². The molecule has 0 radical (unpaired) electrons. The molecule has 1 aromatic heterocycles. The molecule has 9 rings (SSSR count). The second-order valence-electron chi connectivity index (χ2n) is 10.5. The number of fused-ring (bicyclic) bond motifs is 6. The van der Waals surface area contributed by atoms with Crippen molar-refractivity contribution in [3.8, 4) is 22.3 Å². The minimum Gasteiger partial charge on any atom is -0.456 e. The molecule has 0 amide bonds. The van der Waals surface area contributed by atoms with Crippen molar-refractivity contribution in [3.05, 3.63) is 168 Å². The van der Waals surface area contributed by atoms with E-state index in [4.69, 9.17) is 19.5 Å². The second kappa shape index (κ2) is 9.97. The average molecular weight is 576 g/mol. The van der Waals surface area contributed by atoms with Crippen LogP contribution in [0.15, 0.2) is 162 Å². The summed E-state index contributed by atoms with van der Waals surface area (Å²) >= 11 is 0. The van der Waals surface area contributed by atoms with Gasteiger partial charge in [0.2, 0.25) is 0 Å². The van der Waals surface area contributed by atoms with E-state index >= 15 is 0 Å². The molecule has 0 saturated carbocycles. The maximum absolute atomic E-state index is 9.42. The van der Waals surface area contributed by atoms with Gasteiger partial charge in [0.15, 0.2) is 0 Å². The van der Waals surface area contributed by atoms with Gasteiger partial charge in [0, 0.05) is 10.8 Å². The van der Waals surface area contributed by atoms with Gasteiger partial charge >= 0.3 is 0 Å². The van der Waals surface area contributed by atoms with E-state index < -0.39 is 97.1 Å². The quantitative estimate of drug-likeness (QED) is 0.190. The Kier molecular flexibility index (Phi) is 3.22. The van der Waals surface area contributed by atoms with Crippen LogP contribution in [0.2, 0.25) is 0 Å². The molecule has 44 heavy (non-hydrogen) atoms. The fourth-order valence-electron chi connectivity index (χ4n) is 6.17. The Bertz CT molecular complexity index is 3270. The van der Waals surface area contributed by atoms with Gasteiger partial charge in [-0.2, -0.15) is 0 Å². The molecule has 1 heterocycles. The van der Waals surface area contributed by atoms with Gasteiger partial charge in [-0.25, -0.2) is 0 Å². The lowest BCUT2D eigenvalue weighted by molar-refractivity contribution is 0.669. The highest BCUT2D eigenvalue weighted by Gasteiger charge is 2.20. The zero-order chi connectivity index (χ0) is 42.1. The Morgan fingerprint density at radius 3 is 1.95 bits per heavy atom. The van der Waals surface area contributed by atoms with Crippen molar-refractivity contribution in [1.29, 1.82) is 0 Å². The van der Waals surface area contributed by atoms with Gasteiger partial charge in [-0.3, -0.25) is 0 Å². The Hall–Kier alpha value is -5.66. The number of benzene rings is 8. The normalized spacial score (nSPS) is 16.5. The number of rotatable bonds is 4.